The first-order valence-electron chi connectivity index (χ1n) is 30.4. The highest BCUT2D eigenvalue weighted by atomic mass is 16.6. The van der Waals surface area contributed by atoms with Crippen molar-refractivity contribution in [2.24, 2.45) is 0 Å². The molecule has 6 nitrogen and oxygen atoms in total. The molecule has 71 heavy (non-hydrogen) atoms. The van der Waals surface area contributed by atoms with Gasteiger partial charge in [-0.2, -0.15) is 0 Å². The maximum atomic E-state index is 12.8. The minimum absolute atomic E-state index is 0.101. The summed E-state index contributed by atoms with van der Waals surface area (Å²) in [5, 5.41) is 0. The average Bonchev–Trinajstić information content (AvgIpc) is 3.37. The van der Waals surface area contributed by atoms with E-state index in [2.05, 4.69) is 87.6 Å². The molecule has 0 aliphatic heterocycles. The first-order chi connectivity index (χ1) is 35.0. The third-order valence-electron chi connectivity index (χ3n) is 13.2. The molecule has 6 heteroatoms. The van der Waals surface area contributed by atoms with Crippen LogP contribution in [0.25, 0.3) is 0 Å². The summed E-state index contributed by atoms with van der Waals surface area (Å²) in [5.74, 6) is -0.977. The summed E-state index contributed by atoms with van der Waals surface area (Å²) < 4.78 is 16.7. The SMILES string of the molecule is CC/C=C\C/C=C\C/C=C\C/C=C\CCC(=O)OC(COC(=O)CCCCCCCCCCC)COC(=O)CCCCCCCCCCCCCCCCCCCCC/C=C\C/C=C\CCCCCCC. The van der Waals surface area contributed by atoms with Gasteiger partial charge >= 0.3 is 17.9 Å². The van der Waals surface area contributed by atoms with Crippen LogP contribution in [-0.2, 0) is 28.6 Å². The minimum Gasteiger partial charge on any atom is -0.462 e. The third kappa shape index (κ3) is 57.6. The van der Waals surface area contributed by atoms with Gasteiger partial charge in [-0.1, -0.05) is 280 Å². The predicted octanol–water partition coefficient (Wildman–Crippen LogP) is 20.5. The molecule has 0 spiro atoms. The van der Waals surface area contributed by atoms with Crippen molar-refractivity contribution in [1.82, 2.24) is 0 Å². The molecule has 0 rings (SSSR count). The molecule has 1 unspecified atom stereocenters. The van der Waals surface area contributed by atoms with Crippen molar-refractivity contribution in [2.45, 2.75) is 309 Å². The average molecular weight is 992 g/mol. The molecule has 1 atom stereocenters. The van der Waals surface area contributed by atoms with Gasteiger partial charge < -0.3 is 14.2 Å². The van der Waals surface area contributed by atoms with Crippen LogP contribution >= 0.6 is 0 Å². The van der Waals surface area contributed by atoms with E-state index in [9.17, 15) is 14.4 Å². The Kier molecular flexibility index (Phi) is 56.8. The van der Waals surface area contributed by atoms with Gasteiger partial charge in [0.05, 0.1) is 0 Å². The van der Waals surface area contributed by atoms with Crippen molar-refractivity contribution in [3.8, 4) is 0 Å². The second-order valence-electron chi connectivity index (χ2n) is 20.2. The zero-order valence-corrected chi connectivity index (χ0v) is 47.0. The van der Waals surface area contributed by atoms with Crippen LogP contribution in [0.15, 0.2) is 72.9 Å². The topological polar surface area (TPSA) is 78.9 Å². The number of carbonyl (C=O) groups excluding carboxylic acids is 3. The fraction of sp³-hybridized carbons (Fsp3) is 0.769. The highest BCUT2D eigenvalue weighted by Crippen LogP contribution is 2.17. The smallest absolute Gasteiger partial charge is 0.306 e. The van der Waals surface area contributed by atoms with Crippen LogP contribution in [0.3, 0.4) is 0 Å². The first kappa shape index (κ1) is 67.8. The molecule has 0 aromatic rings. The molecule has 0 saturated carbocycles. The van der Waals surface area contributed by atoms with Gasteiger partial charge in [-0.15, -0.1) is 0 Å². The molecule has 0 radical (unpaired) electrons. The van der Waals surface area contributed by atoms with Gasteiger partial charge in [0.25, 0.3) is 0 Å². The molecule has 0 bridgehead atoms. The van der Waals surface area contributed by atoms with E-state index in [4.69, 9.17) is 14.2 Å². The van der Waals surface area contributed by atoms with Gasteiger partial charge in [-0.25, -0.2) is 0 Å². The van der Waals surface area contributed by atoms with Crippen molar-refractivity contribution in [3.63, 3.8) is 0 Å². The Morgan fingerprint density at radius 1 is 0.296 bits per heavy atom. The first-order valence-corrected chi connectivity index (χ1v) is 30.4. The Bertz CT molecular complexity index is 1320. The number of hydrogen-bond donors (Lipinski definition) is 0. The second-order valence-corrected chi connectivity index (χ2v) is 20.2. The summed E-state index contributed by atoms with van der Waals surface area (Å²) in [4.78, 5) is 37.9. The van der Waals surface area contributed by atoms with Gasteiger partial charge in [0.2, 0.25) is 0 Å². The Morgan fingerprint density at radius 2 is 0.577 bits per heavy atom. The molecule has 0 N–H and O–H groups in total. The lowest BCUT2D eigenvalue weighted by atomic mass is 10.0. The summed E-state index contributed by atoms with van der Waals surface area (Å²) >= 11 is 0. The van der Waals surface area contributed by atoms with Crippen molar-refractivity contribution < 1.29 is 28.6 Å². The standard InChI is InChI=1S/C65H114O6/c1-4-7-10-13-16-19-21-23-24-25-26-27-28-29-30-31-32-33-34-35-36-37-38-39-40-42-43-46-49-52-55-58-64(67)70-61-62(60-69-63(66)57-54-51-48-45-18-15-12-9-6-3)71-65(68)59-56-53-50-47-44-41-22-20-17-14-11-8-5-2/h8,11,17,20-21,23,25-26,41,44,50,53,62H,4-7,9-10,12-16,18-19,22,24,27-40,42-43,45-49,51-52,54-61H2,1-3H3/b11-8-,20-17-,23-21-,26-25-,44-41-,53-50-. The Balaban J connectivity index is 4.08. The third-order valence-corrected chi connectivity index (χ3v) is 13.2. The molecule has 0 aromatic heterocycles. The zero-order chi connectivity index (χ0) is 51.4. The van der Waals surface area contributed by atoms with Crippen molar-refractivity contribution >= 4 is 17.9 Å². The number of unbranched alkanes of at least 4 members (excludes halogenated alkanes) is 32. The monoisotopic (exact) mass is 991 g/mol. The largest absolute Gasteiger partial charge is 0.462 e. The molecule has 0 fully saturated rings. The van der Waals surface area contributed by atoms with Crippen LogP contribution in [0.2, 0.25) is 0 Å². The van der Waals surface area contributed by atoms with E-state index in [0.717, 1.165) is 70.6 Å². The van der Waals surface area contributed by atoms with Gasteiger partial charge in [-0.05, 0) is 77.0 Å². The molecule has 410 valence electrons. The quantitative estimate of drug-likeness (QED) is 0.0261. The van der Waals surface area contributed by atoms with Gasteiger partial charge in [0, 0.05) is 19.3 Å². The minimum atomic E-state index is -0.809. The molecule has 0 amide bonds. The summed E-state index contributed by atoms with van der Waals surface area (Å²) in [7, 11) is 0. The predicted molar refractivity (Wildman–Crippen MR) is 307 cm³/mol. The molecule has 0 aliphatic carbocycles. The van der Waals surface area contributed by atoms with Crippen LogP contribution in [-0.4, -0.2) is 37.2 Å². The lowest BCUT2D eigenvalue weighted by Crippen LogP contribution is -2.30. The lowest BCUT2D eigenvalue weighted by molar-refractivity contribution is -0.166. The number of esters is 3. The number of rotatable bonds is 55. The molecular formula is C65H114O6. The number of allylic oxidation sites excluding steroid dienone is 12. The molecule has 0 saturated heterocycles. The summed E-state index contributed by atoms with van der Waals surface area (Å²) in [6, 6.07) is 0. The highest BCUT2D eigenvalue weighted by molar-refractivity contribution is 5.71. The normalized spacial score (nSPS) is 12.5. The van der Waals surface area contributed by atoms with Gasteiger partial charge in [0.15, 0.2) is 6.10 Å². The van der Waals surface area contributed by atoms with E-state index in [-0.39, 0.29) is 37.5 Å². The molecular weight excluding hydrogens is 877 g/mol. The number of hydrogen-bond acceptors (Lipinski definition) is 6. The maximum absolute atomic E-state index is 12.8. The van der Waals surface area contributed by atoms with E-state index in [1.807, 2.05) is 6.08 Å². The van der Waals surface area contributed by atoms with E-state index in [1.165, 1.54) is 186 Å². The van der Waals surface area contributed by atoms with Crippen LogP contribution in [0.4, 0.5) is 0 Å². The van der Waals surface area contributed by atoms with Crippen LogP contribution in [0.1, 0.15) is 303 Å². The fourth-order valence-electron chi connectivity index (χ4n) is 8.67. The molecule has 0 aliphatic rings. The van der Waals surface area contributed by atoms with Crippen LogP contribution in [0.5, 0.6) is 0 Å². The van der Waals surface area contributed by atoms with E-state index < -0.39 is 6.10 Å². The van der Waals surface area contributed by atoms with Crippen molar-refractivity contribution in [1.29, 1.82) is 0 Å². The maximum Gasteiger partial charge on any atom is 0.306 e. The van der Waals surface area contributed by atoms with Gasteiger partial charge in [-0.3, -0.25) is 14.4 Å². The van der Waals surface area contributed by atoms with Crippen LogP contribution < -0.4 is 0 Å². The molecule has 0 aromatic carbocycles. The second kappa shape index (κ2) is 59.4. The van der Waals surface area contributed by atoms with E-state index in [1.54, 1.807) is 0 Å². The Labute approximate surface area is 440 Å². The number of ether oxygens (including phenoxy) is 3. The highest BCUT2D eigenvalue weighted by Gasteiger charge is 2.19. The van der Waals surface area contributed by atoms with E-state index >= 15 is 0 Å². The van der Waals surface area contributed by atoms with Gasteiger partial charge in [0.1, 0.15) is 13.2 Å². The van der Waals surface area contributed by atoms with Crippen LogP contribution in [0, 0.1) is 0 Å². The fourth-order valence-corrected chi connectivity index (χ4v) is 8.67. The van der Waals surface area contributed by atoms with E-state index in [0.29, 0.717) is 19.3 Å². The summed E-state index contributed by atoms with van der Waals surface area (Å²) in [5.41, 5.74) is 0. The van der Waals surface area contributed by atoms with Crippen molar-refractivity contribution in [3.05, 3.63) is 72.9 Å². The Morgan fingerprint density at radius 3 is 0.915 bits per heavy atom. The number of carbonyl (C=O) groups is 3. The lowest BCUT2D eigenvalue weighted by Gasteiger charge is -2.18. The summed E-state index contributed by atoms with van der Waals surface area (Å²) in [6.07, 6.45) is 76.7. The van der Waals surface area contributed by atoms with Crippen molar-refractivity contribution in [2.75, 3.05) is 13.2 Å². The Hall–Kier alpha value is -3.15. The zero-order valence-electron chi connectivity index (χ0n) is 47.0. The summed E-state index contributed by atoms with van der Waals surface area (Å²) in [6.45, 7) is 6.45. The molecule has 0 heterocycles.